The summed E-state index contributed by atoms with van der Waals surface area (Å²) in [5.41, 5.74) is 9.21. The SMILES string of the molecule is CCCNC(Cc1ccc(Cl)cc1)Cc1cnccc1N. The lowest BCUT2D eigenvalue weighted by Gasteiger charge is -2.19. The second-order valence-electron chi connectivity index (χ2n) is 5.26. The summed E-state index contributed by atoms with van der Waals surface area (Å²) in [5.74, 6) is 0. The Kier molecular flexibility index (Phi) is 6.03. The van der Waals surface area contributed by atoms with E-state index in [1.165, 1.54) is 5.56 Å². The largest absolute Gasteiger partial charge is 0.398 e. The Labute approximate surface area is 131 Å². The van der Waals surface area contributed by atoms with Crippen molar-refractivity contribution in [3.63, 3.8) is 0 Å². The molecule has 0 fully saturated rings. The Hall–Kier alpha value is -1.58. The van der Waals surface area contributed by atoms with Gasteiger partial charge in [-0.15, -0.1) is 0 Å². The summed E-state index contributed by atoms with van der Waals surface area (Å²) in [6.07, 6.45) is 6.53. The van der Waals surface area contributed by atoms with Crippen molar-refractivity contribution in [2.75, 3.05) is 12.3 Å². The van der Waals surface area contributed by atoms with Crippen LogP contribution in [-0.2, 0) is 12.8 Å². The quantitative estimate of drug-likeness (QED) is 0.823. The predicted molar refractivity (Wildman–Crippen MR) is 89.6 cm³/mol. The van der Waals surface area contributed by atoms with Crippen LogP contribution < -0.4 is 11.1 Å². The Morgan fingerprint density at radius 2 is 1.95 bits per heavy atom. The zero-order valence-electron chi connectivity index (χ0n) is 12.3. The zero-order valence-corrected chi connectivity index (χ0v) is 13.1. The van der Waals surface area contributed by atoms with Gasteiger partial charge in [0.05, 0.1) is 0 Å². The molecule has 1 aromatic heterocycles. The Balaban J connectivity index is 2.07. The lowest BCUT2D eigenvalue weighted by Crippen LogP contribution is -2.34. The molecular weight excluding hydrogens is 282 g/mol. The van der Waals surface area contributed by atoms with Gasteiger partial charge in [0.15, 0.2) is 0 Å². The Bertz CT molecular complexity index is 554. The predicted octanol–water partition coefficient (Wildman–Crippen LogP) is 3.47. The number of hydrogen-bond donors (Lipinski definition) is 2. The molecular formula is C17H22ClN3. The number of nitrogens with two attached hydrogens (primary N) is 1. The highest BCUT2D eigenvalue weighted by atomic mass is 35.5. The van der Waals surface area contributed by atoms with Gasteiger partial charge >= 0.3 is 0 Å². The zero-order chi connectivity index (χ0) is 15.1. The molecule has 0 aliphatic carbocycles. The van der Waals surface area contributed by atoms with Crippen LogP contribution in [0.4, 0.5) is 5.69 Å². The van der Waals surface area contributed by atoms with Crippen LogP contribution in [0.3, 0.4) is 0 Å². The molecule has 0 amide bonds. The van der Waals surface area contributed by atoms with E-state index in [4.69, 9.17) is 17.3 Å². The van der Waals surface area contributed by atoms with Gasteiger partial charge in [-0.1, -0.05) is 30.7 Å². The van der Waals surface area contributed by atoms with E-state index >= 15 is 0 Å². The number of nitrogens with one attached hydrogen (secondary N) is 1. The van der Waals surface area contributed by atoms with E-state index in [1.807, 2.05) is 24.4 Å². The van der Waals surface area contributed by atoms with Gasteiger partial charge in [0.25, 0.3) is 0 Å². The lowest BCUT2D eigenvalue weighted by molar-refractivity contribution is 0.505. The molecule has 0 bridgehead atoms. The van der Waals surface area contributed by atoms with Crippen LogP contribution in [0.5, 0.6) is 0 Å². The molecule has 0 spiro atoms. The van der Waals surface area contributed by atoms with Crippen molar-refractivity contribution in [1.29, 1.82) is 0 Å². The van der Waals surface area contributed by atoms with Gasteiger partial charge in [-0.25, -0.2) is 0 Å². The fraction of sp³-hybridized carbons (Fsp3) is 0.353. The molecule has 1 aromatic carbocycles. The van der Waals surface area contributed by atoms with Crippen LogP contribution in [0.1, 0.15) is 24.5 Å². The number of nitrogens with zero attached hydrogens (tertiary/aromatic N) is 1. The molecule has 0 saturated carbocycles. The third kappa shape index (κ3) is 5.03. The first-order valence-electron chi connectivity index (χ1n) is 7.35. The number of pyridine rings is 1. The minimum absolute atomic E-state index is 0.345. The average Bonchev–Trinajstić information content (AvgIpc) is 2.49. The maximum atomic E-state index is 6.03. The van der Waals surface area contributed by atoms with Crippen molar-refractivity contribution in [3.05, 3.63) is 58.9 Å². The summed E-state index contributed by atoms with van der Waals surface area (Å²) >= 11 is 5.94. The Morgan fingerprint density at radius 1 is 1.19 bits per heavy atom. The van der Waals surface area contributed by atoms with Crippen LogP contribution >= 0.6 is 11.6 Å². The molecule has 0 aliphatic rings. The maximum Gasteiger partial charge on any atom is 0.0406 e. The summed E-state index contributed by atoms with van der Waals surface area (Å²) < 4.78 is 0. The first kappa shape index (κ1) is 15.8. The van der Waals surface area contributed by atoms with Gasteiger partial charge in [-0.2, -0.15) is 0 Å². The molecule has 0 radical (unpaired) electrons. The van der Waals surface area contributed by atoms with Crippen molar-refractivity contribution < 1.29 is 0 Å². The minimum Gasteiger partial charge on any atom is -0.398 e. The molecule has 21 heavy (non-hydrogen) atoms. The standard InChI is InChI=1S/C17H22ClN3/c1-2-8-21-16(10-13-3-5-15(18)6-4-13)11-14-12-20-9-7-17(14)19/h3-7,9,12,16,21H,2,8,10-11H2,1H3,(H2,19,20). The second-order valence-corrected chi connectivity index (χ2v) is 5.70. The number of aromatic nitrogens is 1. The monoisotopic (exact) mass is 303 g/mol. The number of anilines is 1. The van der Waals surface area contributed by atoms with E-state index in [0.29, 0.717) is 6.04 Å². The van der Waals surface area contributed by atoms with Crippen LogP contribution in [0.2, 0.25) is 5.02 Å². The highest BCUT2D eigenvalue weighted by Crippen LogP contribution is 2.16. The first-order valence-corrected chi connectivity index (χ1v) is 7.73. The summed E-state index contributed by atoms with van der Waals surface area (Å²) in [5, 5.41) is 4.36. The minimum atomic E-state index is 0.345. The number of benzene rings is 1. The third-order valence-electron chi connectivity index (χ3n) is 3.49. The fourth-order valence-electron chi connectivity index (χ4n) is 2.34. The van der Waals surface area contributed by atoms with Crippen molar-refractivity contribution in [1.82, 2.24) is 10.3 Å². The van der Waals surface area contributed by atoms with Crippen molar-refractivity contribution in [2.45, 2.75) is 32.2 Å². The second kappa shape index (κ2) is 8.01. The molecule has 1 unspecified atom stereocenters. The van der Waals surface area contributed by atoms with E-state index in [1.54, 1.807) is 6.20 Å². The first-order chi connectivity index (χ1) is 10.2. The van der Waals surface area contributed by atoms with Crippen molar-refractivity contribution in [3.8, 4) is 0 Å². The summed E-state index contributed by atoms with van der Waals surface area (Å²) in [4.78, 5) is 4.17. The van der Waals surface area contributed by atoms with Crippen LogP contribution in [0.15, 0.2) is 42.7 Å². The molecule has 0 saturated heterocycles. The van der Waals surface area contributed by atoms with Gasteiger partial charge in [-0.05, 0) is 55.1 Å². The van der Waals surface area contributed by atoms with E-state index in [-0.39, 0.29) is 0 Å². The molecule has 1 atom stereocenters. The van der Waals surface area contributed by atoms with Gasteiger partial charge in [0, 0.05) is 29.1 Å². The van der Waals surface area contributed by atoms with Gasteiger partial charge in [0.2, 0.25) is 0 Å². The van der Waals surface area contributed by atoms with E-state index < -0.39 is 0 Å². The van der Waals surface area contributed by atoms with Crippen molar-refractivity contribution in [2.24, 2.45) is 0 Å². The average molecular weight is 304 g/mol. The molecule has 112 valence electrons. The lowest BCUT2D eigenvalue weighted by atomic mass is 9.99. The van der Waals surface area contributed by atoms with Gasteiger partial charge in [-0.3, -0.25) is 4.98 Å². The maximum absolute atomic E-state index is 6.03. The summed E-state index contributed by atoms with van der Waals surface area (Å²) in [7, 11) is 0. The van der Waals surface area contributed by atoms with E-state index in [2.05, 4.69) is 29.4 Å². The molecule has 0 aliphatic heterocycles. The summed E-state index contributed by atoms with van der Waals surface area (Å²) in [6, 6.07) is 10.2. The highest BCUT2D eigenvalue weighted by molar-refractivity contribution is 6.30. The third-order valence-corrected chi connectivity index (χ3v) is 3.74. The van der Waals surface area contributed by atoms with Crippen LogP contribution in [0, 0.1) is 0 Å². The number of hydrogen-bond acceptors (Lipinski definition) is 3. The molecule has 3 N–H and O–H groups in total. The van der Waals surface area contributed by atoms with Crippen molar-refractivity contribution >= 4 is 17.3 Å². The molecule has 2 rings (SSSR count). The van der Waals surface area contributed by atoms with Gasteiger partial charge in [0.1, 0.15) is 0 Å². The number of nitrogen functional groups attached to an aromatic ring is 1. The van der Waals surface area contributed by atoms with E-state index in [9.17, 15) is 0 Å². The van der Waals surface area contributed by atoms with Gasteiger partial charge < -0.3 is 11.1 Å². The number of rotatable bonds is 7. The molecule has 4 heteroatoms. The highest BCUT2D eigenvalue weighted by Gasteiger charge is 2.12. The molecule has 3 nitrogen and oxygen atoms in total. The van der Waals surface area contributed by atoms with E-state index in [0.717, 1.165) is 42.1 Å². The topological polar surface area (TPSA) is 50.9 Å². The smallest absolute Gasteiger partial charge is 0.0406 e. The normalized spacial score (nSPS) is 12.3. The fourth-order valence-corrected chi connectivity index (χ4v) is 2.47. The Morgan fingerprint density at radius 3 is 2.62 bits per heavy atom. The number of halogens is 1. The van der Waals surface area contributed by atoms with Crippen LogP contribution in [-0.4, -0.2) is 17.6 Å². The van der Waals surface area contributed by atoms with Crippen LogP contribution in [0.25, 0.3) is 0 Å². The summed E-state index contributed by atoms with van der Waals surface area (Å²) in [6.45, 7) is 3.17. The molecule has 2 aromatic rings. The molecule has 1 heterocycles.